The van der Waals surface area contributed by atoms with Crippen molar-refractivity contribution in [3.63, 3.8) is 0 Å². The smallest absolute Gasteiger partial charge is 0.270 e. The second-order valence-corrected chi connectivity index (χ2v) is 4.45. The fourth-order valence-corrected chi connectivity index (χ4v) is 1.85. The van der Waals surface area contributed by atoms with Crippen LogP contribution in [0.2, 0.25) is 5.28 Å². The van der Waals surface area contributed by atoms with Gasteiger partial charge in [-0.2, -0.15) is 0 Å². The normalized spacial score (nSPS) is 11.9. The van der Waals surface area contributed by atoms with Crippen molar-refractivity contribution in [1.29, 1.82) is 0 Å². The lowest BCUT2D eigenvalue weighted by Gasteiger charge is -2.13. The Labute approximate surface area is 116 Å². The quantitative estimate of drug-likeness (QED) is 0.874. The lowest BCUT2D eigenvalue weighted by Crippen LogP contribution is -2.28. The average Bonchev–Trinajstić information content (AvgIpc) is 2.38. The molecule has 19 heavy (non-hydrogen) atoms. The molecule has 0 aliphatic carbocycles. The number of carbonyl (C=O) groups excluding carboxylic acids is 1. The second-order valence-electron chi connectivity index (χ2n) is 4.11. The van der Waals surface area contributed by atoms with E-state index in [1.54, 1.807) is 19.2 Å². The van der Waals surface area contributed by atoms with E-state index in [1.165, 1.54) is 0 Å². The molecule has 1 N–H and O–H groups in total. The zero-order valence-corrected chi connectivity index (χ0v) is 11.3. The second kappa shape index (κ2) is 5.75. The fraction of sp³-hybridized carbons (Fsp3) is 0.231. The molecule has 1 unspecified atom stereocenters. The summed E-state index contributed by atoms with van der Waals surface area (Å²) in [6.45, 7) is 3.61. The summed E-state index contributed by atoms with van der Waals surface area (Å²) in [5, 5.41) is 2.88. The lowest BCUT2D eigenvalue weighted by molar-refractivity contribution is 0.0933. The van der Waals surface area contributed by atoms with Gasteiger partial charge < -0.3 is 5.32 Å². The molecule has 0 aromatic carbocycles. The Bertz CT molecular complexity index is 568. The molecule has 2 aromatic rings. The highest BCUT2D eigenvalue weighted by molar-refractivity contribution is 6.28. The minimum atomic E-state index is -0.300. The Hall–Kier alpha value is -2.01. The molecule has 0 aliphatic heterocycles. The summed E-state index contributed by atoms with van der Waals surface area (Å²) >= 11 is 5.73. The Morgan fingerprint density at radius 3 is 2.79 bits per heavy atom. The van der Waals surface area contributed by atoms with Gasteiger partial charge in [0.05, 0.1) is 11.7 Å². The Morgan fingerprint density at radius 1 is 1.37 bits per heavy atom. The first-order valence-electron chi connectivity index (χ1n) is 5.79. The first-order valence-corrected chi connectivity index (χ1v) is 6.17. The summed E-state index contributed by atoms with van der Waals surface area (Å²) < 4.78 is 0. The number of nitrogens with zero attached hydrogens (tertiary/aromatic N) is 3. The van der Waals surface area contributed by atoms with Gasteiger partial charge in [-0.3, -0.25) is 9.78 Å². The predicted octanol–water partition coefficient (Wildman–Crippen LogP) is 2.32. The van der Waals surface area contributed by atoms with Crippen molar-refractivity contribution in [2.45, 2.75) is 19.9 Å². The summed E-state index contributed by atoms with van der Waals surface area (Å²) in [7, 11) is 0. The van der Waals surface area contributed by atoms with Crippen LogP contribution in [0.15, 0.2) is 30.5 Å². The van der Waals surface area contributed by atoms with Crippen molar-refractivity contribution in [3.05, 3.63) is 52.8 Å². The van der Waals surface area contributed by atoms with Gasteiger partial charge in [-0.15, -0.1) is 0 Å². The van der Waals surface area contributed by atoms with Crippen LogP contribution < -0.4 is 5.32 Å². The standard InChI is InChI=1S/C13H13ClN4O/c1-8-7-11(18-13(14)16-8)12(19)17-9(2)10-5-3-4-6-15-10/h3-7,9H,1-2H3,(H,17,19). The van der Waals surface area contributed by atoms with E-state index in [0.717, 1.165) is 5.69 Å². The zero-order valence-electron chi connectivity index (χ0n) is 10.6. The number of nitrogens with one attached hydrogen (secondary N) is 1. The van der Waals surface area contributed by atoms with E-state index in [0.29, 0.717) is 5.69 Å². The molecule has 0 spiro atoms. The summed E-state index contributed by atoms with van der Waals surface area (Å²) in [4.78, 5) is 24.1. The molecule has 0 saturated heterocycles. The van der Waals surface area contributed by atoms with Gasteiger partial charge >= 0.3 is 0 Å². The van der Waals surface area contributed by atoms with E-state index in [9.17, 15) is 4.79 Å². The molecule has 1 atom stereocenters. The third kappa shape index (κ3) is 3.48. The monoisotopic (exact) mass is 276 g/mol. The summed E-state index contributed by atoms with van der Waals surface area (Å²) in [5.74, 6) is -0.300. The number of rotatable bonds is 3. The van der Waals surface area contributed by atoms with Gasteiger partial charge in [0.25, 0.3) is 5.91 Å². The van der Waals surface area contributed by atoms with Crippen molar-refractivity contribution in [2.75, 3.05) is 0 Å². The molecular formula is C13H13ClN4O. The van der Waals surface area contributed by atoms with E-state index >= 15 is 0 Å². The number of hydrogen-bond donors (Lipinski definition) is 1. The molecular weight excluding hydrogens is 264 g/mol. The molecule has 1 amide bonds. The minimum absolute atomic E-state index is 0.0654. The SMILES string of the molecule is Cc1cc(C(=O)NC(C)c2ccccn2)nc(Cl)n1. The number of amides is 1. The van der Waals surface area contributed by atoms with Crippen molar-refractivity contribution >= 4 is 17.5 Å². The molecule has 2 rings (SSSR count). The van der Waals surface area contributed by atoms with Crippen LogP contribution in [-0.2, 0) is 0 Å². The Morgan fingerprint density at radius 2 is 2.16 bits per heavy atom. The van der Waals surface area contributed by atoms with E-state index in [-0.39, 0.29) is 22.9 Å². The number of aromatic nitrogens is 3. The number of aryl methyl sites for hydroxylation is 1. The molecule has 0 aliphatic rings. The predicted molar refractivity (Wildman–Crippen MR) is 71.9 cm³/mol. The van der Waals surface area contributed by atoms with Gasteiger partial charge in [-0.25, -0.2) is 9.97 Å². The van der Waals surface area contributed by atoms with Crippen molar-refractivity contribution in [2.24, 2.45) is 0 Å². The van der Waals surface area contributed by atoms with Crippen LogP contribution in [0.4, 0.5) is 0 Å². The van der Waals surface area contributed by atoms with E-state index in [1.807, 2.05) is 25.1 Å². The first kappa shape index (κ1) is 13.4. The molecule has 98 valence electrons. The number of hydrogen-bond acceptors (Lipinski definition) is 4. The Balaban J connectivity index is 2.13. The summed E-state index contributed by atoms with van der Waals surface area (Å²) in [6, 6.07) is 6.93. The molecule has 2 heterocycles. The van der Waals surface area contributed by atoms with Crippen LogP contribution in [0, 0.1) is 6.92 Å². The van der Waals surface area contributed by atoms with Gasteiger partial charge in [0.15, 0.2) is 0 Å². The van der Waals surface area contributed by atoms with Crippen molar-refractivity contribution in [1.82, 2.24) is 20.3 Å². The molecule has 2 aromatic heterocycles. The van der Waals surface area contributed by atoms with Gasteiger partial charge in [0.2, 0.25) is 5.28 Å². The summed E-state index contributed by atoms with van der Waals surface area (Å²) in [6.07, 6.45) is 1.68. The lowest BCUT2D eigenvalue weighted by atomic mass is 10.2. The first-order chi connectivity index (χ1) is 9.06. The fourth-order valence-electron chi connectivity index (χ4n) is 1.63. The topological polar surface area (TPSA) is 67.8 Å². The third-order valence-corrected chi connectivity index (χ3v) is 2.71. The highest BCUT2D eigenvalue weighted by Crippen LogP contribution is 2.10. The molecule has 0 fully saturated rings. The van der Waals surface area contributed by atoms with Crippen molar-refractivity contribution in [3.8, 4) is 0 Å². The van der Waals surface area contributed by atoms with Crippen molar-refractivity contribution < 1.29 is 4.79 Å². The van der Waals surface area contributed by atoms with Gasteiger partial charge in [0, 0.05) is 11.9 Å². The highest BCUT2D eigenvalue weighted by Gasteiger charge is 2.14. The van der Waals surface area contributed by atoms with Crippen LogP contribution in [0.1, 0.15) is 34.8 Å². The van der Waals surface area contributed by atoms with Crippen LogP contribution >= 0.6 is 11.6 Å². The maximum atomic E-state index is 12.0. The van der Waals surface area contributed by atoms with E-state index < -0.39 is 0 Å². The Kier molecular flexibility index (Phi) is 4.06. The van der Waals surface area contributed by atoms with Crippen LogP contribution in [0.5, 0.6) is 0 Å². The number of pyridine rings is 1. The average molecular weight is 277 g/mol. The van der Waals surface area contributed by atoms with Gasteiger partial charge in [-0.1, -0.05) is 6.07 Å². The molecule has 0 bridgehead atoms. The largest absolute Gasteiger partial charge is 0.343 e. The van der Waals surface area contributed by atoms with E-state index in [4.69, 9.17) is 11.6 Å². The maximum absolute atomic E-state index is 12.0. The highest BCUT2D eigenvalue weighted by atomic mass is 35.5. The number of carbonyl (C=O) groups is 1. The summed E-state index contributed by atoms with van der Waals surface area (Å²) in [5.41, 5.74) is 1.68. The van der Waals surface area contributed by atoms with Gasteiger partial charge in [0.1, 0.15) is 5.69 Å². The molecule has 0 radical (unpaired) electrons. The van der Waals surface area contributed by atoms with E-state index in [2.05, 4.69) is 20.3 Å². The number of halogens is 1. The molecule has 5 nitrogen and oxygen atoms in total. The zero-order chi connectivity index (χ0) is 13.8. The maximum Gasteiger partial charge on any atom is 0.270 e. The third-order valence-electron chi connectivity index (χ3n) is 2.54. The van der Waals surface area contributed by atoms with Crippen LogP contribution in [0.3, 0.4) is 0 Å². The molecule has 0 saturated carbocycles. The van der Waals surface area contributed by atoms with Crippen LogP contribution in [-0.4, -0.2) is 20.9 Å². The van der Waals surface area contributed by atoms with Gasteiger partial charge in [-0.05, 0) is 43.6 Å². The molecule has 6 heteroatoms. The van der Waals surface area contributed by atoms with Crippen LogP contribution in [0.25, 0.3) is 0 Å². The minimum Gasteiger partial charge on any atom is -0.343 e.